The predicted molar refractivity (Wildman–Crippen MR) is 46.6 cm³/mol. The molecule has 0 fully saturated rings. The van der Waals surface area contributed by atoms with Gasteiger partial charge in [0, 0.05) is 0 Å². The standard InChI is InChI=1S/C5H11NO2.CH5N3/c1-2-3-4(6)5(7)8;2-1(3)4/h4H,2-3,6H2,1H3,(H,7,8);(H5,2,3,4). The highest BCUT2D eigenvalue weighted by atomic mass is 16.4. The lowest BCUT2D eigenvalue weighted by Gasteiger charge is -2.00. The molecule has 0 aliphatic rings. The average molecular weight is 176 g/mol. The molecule has 12 heavy (non-hydrogen) atoms. The summed E-state index contributed by atoms with van der Waals surface area (Å²) in [6.45, 7) is 1.91. The first-order valence-electron chi connectivity index (χ1n) is 3.49. The molecule has 0 aliphatic heterocycles. The van der Waals surface area contributed by atoms with E-state index in [0.29, 0.717) is 6.42 Å². The van der Waals surface area contributed by atoms with E-state index in [2.05, 4.69) is 11.5 Å². The summed E-state index contributed by atoms with van der Waals surface area (Å²) in [6, 6.07) is -0.667. The quantitative estimate of drug-likeness (QED) is 0.278. The zero-order valence-corrected chi connectivity index (χ0v) is 7.08. The summed E-state index contributed by atoms with van der Waals surface area (Å²) in [5.74, 6) is -1.24. The molecule has 0 saturated carbocycles. The Labute approximate surface area is 71.2 Å². The zero-order chi connectivity index (χ0) is 10.1. The maximum atomic E-state index is 9.96. The molecule has 1 atom stereocenters. The highest BCUT2D eigenvalue weighted by Crippen LogP contribution is 1.91. The molecule has 72 valence electrons. The monoisotopic (exact) mass is 176 g/mol. The molecule has 1 unspecified atom stereocenters. The number of hydrogen-bond donors (Lipinski definition) is 5. The van der Waals surface area contributed by atoms with E-state index in [1.54, 1.807) is 0 Å². The van der Waals surface area contributed by atoms with Crippen LogP contribution in [0.4, 0.5) is 0 Å². The minimum absolute atomic E-state index is 0.333. The van der Waals surface area contributed by atoms with Crippen molar-refractivity contribution in [1.29, 1.82) is 5.41 Å². The molecular formula is C6H16N4O2. The highest BCUT2D eigenvalue weighted by molar-refractivity contribution is 5.72. The summed E-state index contributed by atoms with van der Waals surface area (Å²) in [6.07, 6.45) is 1.39. The molecule has 0 aromatic rings. The van der Waals surface area contributed by atoms with Crippen molar-refractivity contribution in [2.75, 3.05) is 0 Å². The van der Waals surface area contributed by atoms with Crippen LogP contribution >= 0.6 is 0 Å². The third kappa shape index (κ3) is 15.9. The minimum Gasteiger partial charge on any atom is -0.480 e. The van der Waals surface area contributed by atoms with Gasteiger partial charge in [0.2, 0.25) is 0 Å². The van der Waals surface area contributed by atoms with Gasteiger partial charge in [-0.25, -0.2) is 0 Å². The van der Waals surface area contributed by atoms with E-state index in [1.165, 1.54) is 0 Å². The molecular weight excluding hydrogens is 160 g/mol. The summed E-state index contributed by atoms with van der Waals surface area (Å²) in [7, 11) is 0. The first-order valence-corrected chi connectivity index (χ1v) is 3.49. The van der Waals surface area contributed by atoms with Crippen molar-refractivity contribution in [3.8, 4) is 0 Å². The number of carbonyl (C=O) groups is 1. The molecule has 0 saturated heterocycles. The third-order valence-electron chi connectivity index (χ3n) is 0.917. The van der Waals surface area contributed by atoms with E-state index in [1.807, 2.05) is 6.92 Å². The van der Waals surface area contributed by atoms with Gasteiger partial charge in [-0.1, -0.05) is 13.3 Å². The van der Waals surface area contributed by atoms with Crippen LogP contribution in [-0.2, 0) is 4.79 Å². The van der Waals surface area contributed by atoms with Crippen LogP contribution in [0.5, 0.6) is 0 Å². The van der Waals surface area contributed by atoms with Crippen LogP contribution in [0.15, 0.2) is 0 Å². The van der Waals surface area contributed by atoms with Gasteiger partial charge in [-0.2, -0.15) is 0 Å². The van der Waals surface area contributed by atoms with Crippen LogP contribution in [0, 0.1) is 5.41 Å². The molecule has 0 aromatic carbocycles. The van der Waals surface area contributed by atoms with Gasteiger partial charge in [0.1, 0.15) is 6.04 Å². The number of rotatable bonds is 3. The van der Waals surface area contributed by atoms with Crippen molar-refractivity contribution in [3.63, 3.8) is 0 Å². The molecule has 6 heteroatoms. The van der Waals surface area contributed by atoms with Gasteiger partial charge in [0.05, 0.1) is 0 Å². The van der Waals surface area contributed by atoms with Crippen molar-refractivity contribution in [3.05, 3.63) is 0 Å². The first-order chi connectivity index (χ1) is 5.41. The SMILES string of the molecule is CCCC(N)C(=O)O.N=C(N)N. The molecule has 0 radical (unpaired) electrons. The van der Waals surface area contributed by atoms with E-state index in [9.17, 15) is 4.79 Å². The number of nitrogens with two attached hydrogens (primary N) is 3. The largest absolute Gasteiger partial charge is 0.480 e. The second-order valence-electron chi connectivity index (χ2n) is 2.19. The summed E-state index contributed by atoms with van der Waals surface area (Å²) in [5.41, 5.74) is 14.1. The smallest absolute Gasteiger partial charge is 0.320 e. The number of guanidine groups is 1. The maximum absolute atomic E-state index is 9.96. The van der Waals surface area contributed by atoms with Crippen LogP contribution in [-0.4, -0.2) is 23.1 Å². The first kappa shape index (κ1) is 13.3. The Bertz CT molecular complexity index is 144. The van der Waals surface area contributed by atoms with Crippen molar-refractivity contribution in [2.24, 2.45) is 17.2 Å². The van der Waals surface area contributed by atoms with Crippen LogP contribution in [0.3, 0.4) is 0 Å². The maximum Gasteiger partial charge on any atom is 0.320 e. The fourth-order valence-electron chi connectivity index (χ4n) is 0.434. The highest BCUT2D eigenvalue weighted by Gasteiger charge is 2.07. The molecule has 0 amide bonds. The van der Waals surface area contributed by atoms with Crippen LogP contribution in [0.1, 0.15) is 19.8 Å². The second kappa shape index (κ2) is 7.80. The molecule has 0 aromatic heterocycles. The lowest BCUT2D eigenvalue weighted by Crippen LogP contribution is -2.29. The number of carboxylic acid groups (broad SMARTS) is 1. The second-order valence-corrected chi connectivity index (χ2v) is 2.19. The fourth-order valence-corrected chi connectivity index (χ4v) is 0.434. The Morgan fingerprint density at radius 3 is 2.00 bits per heavy atom. The molecule has 0 aliphatic carbocycles. The fraction of sp³-hybridized carbons (Fsp3) is 0.667. The van der Waals surface area contributed by atoms with E-state index >= 15 is 0 Å². The van der Waals surface area contributed by atoms with Gasteiger partial charge in [0.15, 0.2) is 5.96 Å². The normalized spacial score (nSPS) is 10.8. The van der Waals surface area contributed by atoms with E-state index in [0.717, 1.165) is 6.42 Å². The van der Waals surface area contributed by atoms with E-state index in [-0.39, 0.29) is 5.96 Å². The van der Waals surface area contributed by atoms with Crippen molar-refractivity contribution in [1.82, 2.24) is 0 Å². The Morgan fingerprint density at radius 1 is 1.58 bits per heavy atom. The third-order valence-corrected chi connectivity index (χ3v) is 0.917. The molecule has 6 nitrogen and oxygen atoms in total. The Kier molecular flexibility index (Phi) is 8.65. The Morgan fingerprint density at radius 2 is 1.92 bits per heavy atom. The lowest BCUT2D eigenvalue weighted by molar-refractivity contribution is -0.138. The zero-order valence-electron chi connectivity index (χ0n) is 7.08. The average Bonchev–Trinajstić information content (AvgIpc) is 1.86. The Balaban J connectivity index is 0. The number of nitrogens with one attached hydrogen (secondary N) is 1. The van der Waals surface area contributed by atoms with Crippen molar-refractivity contribution < 1.29 is 9.90 Å². The van der Waals surface area contributed by atoms with Crippen molar-refractivity contribution in [2.45, 2.75) is 25.8 Å². The van der Waals surface area contributed by atoms with Gasteiger partial charge in [-0.3, -0.25) is 10.2 Å². The molecule has 0 heterocycles. The van der Waals surface area contributed by atoms with E-state index in [4.69, 9.17) is 16.2 Å². The molecule has 0 bridgehead atoms. The lowest BCUT2D eigenvalue weighted by atomic mass is 10.2. The minimum atomic E-state index is -0.910. The Hall–Kier alpha value is -1.30. The molecule has 8 N–H and O–H groups in total. The summed E-state index contributed by atoms with van der Waals surface area (Å²) in [5, 5.41) is 14.2. The summed E-state index contributed by atoms with van der Waals surface area (Å²) in [4.78, 5) is 9.96. The van der Waals surface area contributed by atoms with Crippen molar-refractivity contribution >= 4 is 11.9 Å². The number of aliphatic carboxylic acids is 1. The molecule has 0 spiro atoms. The van der Waals surface area contributed by atoms with Crippen LogP contribution in [0.2, 0.25) is 0 Å². The predicted octanol–water partition coefficient (Wildman–Crippen LogP) is -0.963. The van der Waals surface area contributed by atoms with Gasteiger partial charge < -0.3 is 22.3 Å². The van der Waals surface area contributed by atoms with Crippen LogP contribution < -0.4 is 17.2 Å². The topological polar surface area (TPSA) is 139 Å². The summed E-state index contributed by atoms with van der Waals surface area (Å²) >= 11 is 0. The van der Waals surface area contributed by atoms with Crippen LogP contribution in [0.25, 0.3) is 0 Å². The van der Waals surface area contributed by atoms with Gasteiger partial charge in [-0.15, -0.1) is 0 Å². The number of carboxylic acids is 1. The molecule has 0 rings (SSSR count). The van der Waals surface area contributed by atoms with Gasteiger partial charge in [0.25, 0.3) is 0 Å². The number of hydrogen-bond acceptors (Lipinski definition) is 3. The summed E-state index contributed by atoms with van der Waals surface area (Å²) < 4.78 is 0. The van der Waals surface area contributed by atoms with Gasteiger partial charge >= 0.3 is 5.97 Å². The van der Waals surface area contributed by atoms with Gasteiger partial charge in [-0.05, 0) is 6.42 Å². The van der Waals surface area contributed by atoms with E-state index < -0.39 is 12.0 Å².